The van der Waals surface area contributed by atoms with Gasteiger partial charge in [0.05, 0.1) is 4.88 Å². The lowest BCUT2D eigenvalue weighted by atomic mass is 9.99. The number of rotatable bonds is 5. The number of likely N-dealkylation sites (tertiary alicyclic amines) is 1. The molecule has 1 unspecified atom stereocenters. The topological polar surface area (TPSA) is 78.6 Å². The second-order valence-corrected chi connectivity index (χ2v) is 5.80. The number of carbonyl (C=O) groups excluding carboxylic acids is 1. The summed E-state index contributed by atoms with van der Waals surface area (Å²) < 4.78 is 0. The molecular weight excluding hydrogens is 262 g/mol. The first-order valence-corrected chi connectivity index (χ1v) is 7.56. The fraction of sp³-hybridized carbons (Fsp3) is 0.615. The predicted octanol–water partition coefficient (Wildman–Crippen LogP) is 1.09. The molecule has 5 nitrogen and oxygen atoms in total. The summed E-state index contributed by atoms with van der Waals surface area (Å²) in [7, 11) is 0. The number of aliphatic hydroxyl groups is 1. The van der Waals surface area contributed by atoms with Crippen molar-refractivity contribution in [2.75, 3.05) is 13.2 Å². The van der Waals surface area contributed by atoms with E-state index in [4.69, 9.17) is 10.9 Å². The summed E-state index contributed by atoms with van der Waals surface area (Å²) >= 11 is 1.42. The number of amides is 1. The Bertz CT molecular complexity index is 420. The van der Waals surface area contributed by atoms with E-state index < -0.39 is 0 Å². The number of nitrogen functional groups attached to an aromatic ring is 1. The van der Waals surface area contributed by atoms with Crippen molar-refractivity contribution in [1.82, 2.24) is 10.3 Å². The molecule has 1 fully saturated rings. The molecule has 1 aliphatic rings. The molecule has 1 aromatic heterocycles. The smallest absolute Gasteiger partial charge is 0.275 e. The monoisotopic (exact) mass is 283 g/mol. The molecule has 0 bridgehead atoms. The number of thiophene rings is 1. The normalized spacial score (nSPS) is 20.4. The average Bonchev–Trinajstić information content (AvgIpc) is 2.88. The molecule has 0 spiro atoms. The summed E-state index contributed by atoms with van der Waals surface area (Å²) in [6.45, 7) is 2.02. The third-order valence-electron chi connectivity index (χ3n) is 3.67. The quantitative estimate of drug-likeness (QED) is 0.429. The molecule has 19 heavy (non-hydrogen) atoms. The fourth-order valence-electron chi connectivity index (χ4n) is 2.69. The van der Waals surface area contributed by atoms with Crippen LogP contribution in [-0.2, 0) is 6.54 Å². The number of nitrogens with zero attached hydrogens (tertiary/aromatic N) is 1. The highest BCUT2D eigenvalue weighted by atomic mass is 32.1. The Morgan fingerprint density at radius 1 is 1.58 bits per heavy atom. The Balaban J connectivity index is 2.06. The Kier molecular flexibility index (Phi) is 5.33. The minimum Gasteiger partial charge on any atom is -0.396 e. The molecule has 1 aliphatic heterocycles. The Labute approximate surface area is 117 Å². The van der Waals surface area contributed by atoms with E-state index in [1.165, 1.54) is 24.2 Å². The lowest BCUT2D eigenvalue weighted by molar-refractivity contribution is 0.0947. The maximum Gasteiger partial charge on any atom is 0.275 e. The van der Waals surface area contributed by atoms with Crippen molar-refractivity contribution in [1.29, 1.82) is 0 Å². The van der Waals surface area contributed by atoms with E-state index in [2.05, 4.69) is 10.3 Å². The van der Waals surface area contributed by atoms with E-state index in [1.807, 2.05) is 11.4 Å². The van der Waals surface area contributed by atoms with E-state index in [-0.39, 0.29) is 12.5 Å². The minimum absolute atomic E-state index is 0.222. The molecule has 6 heteroatoms. The number of aliphatic hydroxyl groups excluding tert-OH is 1. The summed E-state index contributed by atoms with van der Waals surface area (Å²) in [5, 5.41) is 11.1. The lowest BCUT2D eigenvalue weighted by Crippen LogP contribution is -2.40. The van der Waals surface area contributed by atoms with Gasteiger partial charge in [-0.3, -0.25) is 15.1 Å². The second-order valence-electron chi connectivity index (χ2n) is 4.88. The molecule has 1 atom stereocenters. The number of piperidine rings is 1. The first-order chi connectivity index (χ1) is 9.26. The second kappa shape index (κ2) is 7.00. The zero-order valence-corrected chi connectivity index (χ0v) is 11.8. The van der Waals surface area contributed by atoms with Crippen LogP contribution in [0.25, 0.3) is 0 Å². The van der Waals surface area contributed by atoms with Gasteiger partial charge < -0.3 is 5.11 Å². The molecule has 2 heterocycles. The summed E-state index contributed by atoms with van der Waals surface area (Å²) in [6, 6.07) is 2.41. The van der Waals surface area contributed by atoms with Crippen LogP contribution >= 0.6 is 11.3 Å². The van der Waals surface area contributed by atoms with Crippen molar-refractivity contribution in [2.45, 2.75) is 38.3 Å². The van der Waals surface area contributed by atoms with Gasteiger partial charge in [-0.2, -0.15) is 0 Å². The molecule has 1 saturated heterocycles. The SMILES string of the molecule is NNC(=O)c1sccc1CN1CCCCC1CCO. The van der Waals surface area contributed by atoms with E-state index in [9.17, 15) is 4.79 Å². The van der Waals surface area contributed by atoms with Gasteiger partial charge in [0.15, 0.2) is 0 Å². The Hall–Kier alpha value is -0.950. The number of nitrogens with one attached hydrogen (secondary N) is 1. The summed E-state index contributed by atoms with van der Waals surface area (Å²) in [5.41, 5.74) is 3.22. The van der Waals surface area contributed by atoms with Gasteiger partial charge in [0.2, 0.25) is 0 Å². The van der Waals surface area contributed by atoms with Gasteiger partial charge in [0.25, 0.3) is 5.91 Å². The molecule has 4 N–H and O–H groups in total. The van der Waals surface area contributed by atoms with E-state index in [1.54, 1.807) is 0 Å². The van der Waals surface area contributed by atoms with Gasteiger partial charge in [0.1, 0.15) is 0 Å². The molecule has 0 saturated carbocycles. The molecule has 1 amide bonds. The number of carbonyl (C=O) groups is 1. The van der Waals surface area contributed by atoms with Gasteiger partial charge >= 0.3 is 0 Å². The fourth-order valence-corrected chi connectivity index (χ4v) is 3.51. The van der Waals surface area contributed by atoms with Gasteiger partial charge in [0, 0.05) is 19.2 Å². The summed E-state index contributed by atoms with van der Waals surface area (Å²) in [4.78, 5) is 14.7. The molecule has 0 aliphatic carbocycles. The summed E-state index contributed by atoms with van der Waals surface area (Å²) in [5.74, 6) is 4.98. The highest BCUT2D eigenvalue weighted by Crippen LogP contribution is 2.25. The maximum atomic E-state index is 11.7. The molecule has 0 radical (unpaired) electrons. The van der Waals surface area contributed by atoms with Gasteiger partial charge in [-0.05, 0) is 42.8 Å². The van der Waals surface area contributed by atoms with Crippen LogP contribution < -0.4 is 11.3 Å². The highest BCUT2D eigenvalue weighted by molar-refractivity contribution is 7.12. The Morgan fingerprint density at radius 3 is 3.16 bits per heavy atom. The Morgan fingerprint density at radius 2 is 2.42 bits per heavy atom. The number of nitrogens with two attached hydrogens (primary N) is 1. The van der Waals surface area contributed by atoms with Crippen LogP contribution in [0.4, 0.5) is 0 Å². The van der Waals surface area contributed by atoms with Crippen LogP contribution in [0.3, 0.4) is 0 Å². The molecule has 1 aromatic rings. The molecular formula is C13H21N3O2S. The van der Waals surface area contributed by atoms with Crippen LogP contribution in [0, 0.1) is 0 Å². The molecule has 0 aromatic carbocycles. The van der Waals surface area contributed by atoms with Crippen LogP contribution in [0.2, 0.25) is 0 Å². The first kappa shape index (κ1) is 14.5. The van der Waals surface area contributed by atoms with Crippen LogP contribution in [0.5, 0.6) is 0 Å². The third kappa shape index (κ3) is 3.54. The van der Waals surface area contributed by atoms with Crippen molar-refractivity contribution >= 4 is 17.2 Å². The van der Waals surface area contributed by atoms with E-state index in [0.29, 0.717) is 10.9 Å². The van der Waals surface area contributed by atoms with E-state index in [0.717, 1.165) is 31.5 Å². The average molecular weight is 283 g/mol. The highest BCUT2D eigenvalue weighted by Gasteiger charge is 2.23. The van der Waals surface area contributed by atoms with Crippen molar-refractivity contribution < 1.29 is 9.90 Å². The number of hydrogen-bond donors (Lipinski definition) is 3. The van der Waals surface area contributed by atoms with E-state index >= 15 is 0 Å². The van der Waals surface area contributed by atoms with Crippen molar-refractivity contribution in [2.24, 2.45) is 5.84 Å². The van der Waals surface area contributed by atoms with Gasteiger partial charge in [-0.25, -0.2) is 5.84 Å². The molecule has 2 rings (SSSR count). The molecule has 106 valence electrons. The zero-order valence-electron chi connectivity index (χ0n) is 11.0. The van der Waals surface area contributed by atoms with Crippen LogP contribution in [0.15, 0.2) is 11.4 Å². The third-order valence-corrected chi connectivity index (χ3v) is 4.62. The standard InChI is InChI=1S/C13H21N3O2S/c14-15-13(18)12-10(5-8-19-12)9-16-6-2-1-3-11(16)4-7-17/h5,8,11,17H,1-4,6-7,9,14H2,(H,15,18). The number of hydrogen-bond acceptors (Lipinski definition) is 5. The van der Waals surface area contributed by atoms with Gasteiger partial charge in [-0.15, -0.1) is 11.3 Å². The van der Waals surface area contributed by atoms with Crippen molar-refractivity contribution in [3.05, 3.63) is 21.9 Å². The zero-order chi connectivity index (χ0) is 13.7. The largest absolute Gasteiger partial charge is 0.396 e. The van der Waals surface area contributed by atoms with Crippen LogP contribution in [-0.4, -0.2) is 35.1 Å². The maximum absolute atomic E-state index is 11.7. The van der Waals surface area contributed by atoms with Crippen LogP contribution in [0.1, 0.15) is 40.9 Å². The number of hydrazine groups is 1. The van der Waals surface area contributed by atoms with Gasteiger partial charge in [-0.1, -0.05) is 6.42 Å². The van der Waals surface area contributed by atoms with Crippen molar-refractivity contribution in [3.8, 4) is 0 Å². The summed E-state index contributed by atoms with van der Waals surface area (Å²) in [6.07, 6.45) is 4.34. The predicted molar refractivity (Wildman–Crippen MR) is 75.7 cm³/mol. The van der Waals surface area contributed by atoms with Crippen molar-refractivity contribution in [3.63, 3.8) is 0 Å². The first-order valence-electron chi connectivity index (χ1n) is 6.68. The lowest BCUT2D eigenvalue weighted by Gasteiger charge is -2.35. The minimum atomic E-state index is -0.222.